The lowest BCUT2D eigenvalue weighted by Gasteiger charge is -1.97. The Morgan fingerprint density at radius 2 is 2.30 bits per heavy atom. The van der Waals surface area contributed by atoms with Gasteiger partial charge in [-0.15, -0.1) is 0 Å². The molecule has 0 aliphatic rings. The molecular weight excluding hydrogens is 123 g/mol. The molecule has 1 rings (SSSR count). The van der Waals surface area contributed by atoms with Gasteiger partial charge in [0.05, 0.1) is 6.61 Å². The second-order valence-electron chi connectivity index (χ2n) is 2.33. The lowest BCUT2D eigenvalue weighted by Crippen LogP contribution is -2.10. The van der Waals surface area contributed by atoms with Crippen LogP contribution in [0.4, 0.5) is 0 Å². The molecule has 0 aliphatic heterocycles. The number of hydrogen-bond donors (Lipinski definition) is 1. The highest BCUT2D eigenvalue weighted by atomic mass is 16.3. The van der Waals surface area contributed by atoms with Crippen LogP contribution >= 0.6 is 0 Å². The van der Waals surface area contributed by atoms with E-state index in [1.807, 2.05) is 18.2 Å². The van der Waals surface area contributed by atoms with Gasteiger partial charge in [-0.1, -0.05) is 36.6 Å². The van der Waals surface area contributed by atoms with E-state index in [2.05, 4.69) is 12.9 Å². The molecule has 0 heterocycles. The fourth-order valence-corrected chi connectivity index (χ4v) is 0.948. The van der Waals surface area contributed by atoms with E-state index >= 15 is 0 Å². The van der Waals surface area contributed by atoms with Crippen molar-refractivity contribution < 1.29 is 5.11 Å². The summed E-state index contributed by atoms with van der Waals surface area (Å²) in [6.07, 6.45) is 0. The lowest BCUT2D eigenvalue weighted by atomic mass is 9.73. The molecule has 0 spiro atoms. The number of aliphatic hydroxyl groups is 1. The summed E-state index contributed by atoms with van der Waals surface area (Å²) >= 11 is 0. The van der Waals surface area contributed by atoms with Crippen LogP contribution in [0.1, 0.15) is 5.56 Å². The first-order valence-electron chi connectivity index (χ1n) is 3.55. The zero-order valence-corrected chi connectivity index (χ0v) is 6.17. The van der Waals surface area contributed by atoms with Crippen molar-refractivity contribution in [3.05, 3.63) is 29.8 Å². The SMILES string of the molecule is CBc1cccc(CO)c1. The highest BCUT2D eigenvalue weighted by Gasteiger charge is 1.91. The Morgan fingerprint density at radius 3 is 2.90 bits per heavy atom. The van der Waals surface area contributed by atoms with Gasteiger partial charge in [-0.05, 0) is 5.56 Å². The van der Waals surface area contributed by atoms with Crippen molar-refractivity contribution in [2.45, 2.75) is 13.4 Å². The quantitative estimate of drug-likeness (QED) is 0.576. The third-order valence-electron chi connectivity index (χ3n) is 1.58. The Balaban J connectivity index is 2.87. The van der Waals surface area contributed by atoms with Gasteiger partial charge in [-0.2, -0.15) is 0 Å². The molecule has 1 aromatic carbocycles. The summed E-state index contributed by atoms with van der Waals surface area (Å²) in [5.74, 6) is 0. The second-order valence-corrected chi connectivity index (χ2v) is 2.33. The maximum absolute atomic E-state index is 8.76. The maximum atomic E-state index is 8.76. The molecule has 1 nitrogen and oxygen atoms in total. The lowest BCUT2D eigenvalue weighted by molar-refractivity contribution is 0.282. The molecule has 1 aromatic rings. The van der Waals surface area contributed by atoms with Crippen LogP contribution in [0.25, 0.3) is 0 Å². The molecule has 0 amide bonds. The highest BCUT2D eigenvalue weighted by Crippen LogP contribution is 1.94. The summed E-state index contributed by atoms with van der Waals surface area (Å²) in [6.45, 7) is 2.25. The van der Waals surface area contributed by atoms with Crippen LogP contribution in [0.15, 0.2) is 24.3 Å². The Morgan fingerprint density at radius 1 is 1.50 bits per heavy atom. The Kier molecular flexibility index (Phi) is 2.52. The smallest absolute Gasteiger partial charge is 0.154 e. The maximum Gasteiger partial charge on any atom is 0.154 e. The summed E-state index contributed by atoms with van der Waals surface area (Å²) in [5.41, 5.74) is 2.28. The van der Waals surface area contributed by atoms with E-state index in [0.717, 1.165) is 12.8 Å². The number of rotatable bonds is 2. The van der Waals surface area contributed by atoms with Crippen molar-refractivity contribution in [2.75, 3.05) is 0 Å². The first-order valence-corrected chi connectivity index (χ1v) is 3.55. The Hall–Kier alpha value is -0.755. The van der Waals surface area contributed by atoms with Crippen LogP contribution in [0.5, 0.6) is 0 Å². The number of hydrogen-bond acceptors (Lipinski definition) is 1. The van der Waals surface area contributed by atoms with E-state index in [1.165, 1.54) is 5.46 Å². The molecule has 0 saturated heterocycles. The fourth-order valence-electron chi connectivity index (χ4n) is 0.948. The first-order chi connectivity index (χ1) is 4.86. The molecule has 0 unspecified atom stereocenters. The second kappa shape index (κ2) is 3.42. The number of benzene rings is 1. The van der Waals surface area contributed by atoms with Crippen LogP contribution in [-0.4, -0.2) is 12.4 Å². The summed E-state index contributed by atoms with van der Waals surface area (Å²) < 4.78 is 0. The minimum atomic E-state index is 0.147. The minimum absolute atomic E-state index is 0.147. The molecule has 0 aliphatic carbocycles. The van der Waals surface area contributed by atoms with E-state index in [4.69, 9.17) is 5.11 Å². The largest absolute Gasteiger partial charge is 0.392 e. The molecule has 2 heteroatoms. The first kappa shape index (κ1) is 7.35. The van der Waals surface area contributed by atoms with Crippen molar-refractivity contribution in [3.8, 4) is 0 Å². The van der Waals surface area contributed by atoms with Crippen molar-refractivity contribution in [1.82, 2.24) is 0 Å². The molecule has 0 saturated carbocycles. The third-order valence-corrected chi connectivity index (χ3v) is 1.58. The predicted octanol–water partition coefficient (Wildman–Crippen LogP) is 0.289. The summed E-state index contributed by atoms with van der Waals surface area (Å²) in [7, 11) is 1.04. The fraction of sp³-hybridized carbons (Fsp3) is 0.250. The summed E-state index contributed by atoms with van der Waals surface area (Å²) in [6, 6.07) is 8.00. The summed E-state index contributed by atoms with van der Waals surface area (Å²) in [5, 5.41) is 8.76. The van der Waals surface area contributed by atoms with E-state index < -0.39 is 0 Å². The van der Waals surface area contributed by atoms with Crippen molar-refractivity contribution in [3.63, 3.8) is 0 Å². The van der Waals surface area contributed by atoms with Gasteiger partial charge in [0.25, 0.3) is 0 Å². The van der Waals surface area contributed by atoms with Crippen LogP contribution < -0.4 is 5.46 Å². The average molecular weight is 134 g/mol. The van der Waals surface area contributed by atoms with Crippen LogP contribution in [0, 0.1) is 0 Å². The molecule has 1 N–H and O–H groups in total. The van der Waals surface area contributed by atoms with E-state index in [1.54, 1.807) is 0 Å². The van der Waals surface area contributed by atoms with Gasteiger partial charge in [-0.3, -0.25) is 0 Å². The van der Waals surface area contributed by atoms with Crippen LogP contribution in [0.3, 0.4) is 0 Å². The molecule has 52 valence electrons. The van der Waals surface area contributed by atoms with Crippen molar-refractivity contribution in [1.29, 1.82) is 0 Å². The van der Waals surface area contributed by atoms with E-state index in [-0.39, 0.29) is 6.61 Å². The molecular formula is C8H11BO. The van der Waals surface area contributed by atoms with Gasteiger partial charge in [-0.25, -0.2) is 0 Å². The van der Waals surface area contributed by atoms with Gasteiger partial charge in [0.15, 0.2) is 7.28 Å². The zero-order valence-electron chi connectivity index (χ0n) is 6.17. The van der Waals surface area contributed by atoms with Gasteiger partial charge in [0, 0.05) is 0 Å². The van der Waals surface area contributed by atoms with E-state index in [0.29, 0.717) is 0 Å². The van der Waals surface area contributed by atoms with Crippen LogP contribution in [0.2, 0.25) is 6.82 Å². The van der Waals surface area contributed by atoms with E-state index in [9.17, 15) is 0 Å². The van der Waals surface area contributed by atoms with Crippen molar-refractivity contribution in [2.24, 2.45) is 0 Å². The number of aliphatic hydroxyl groups excluding tert-OH is 1. The molecule has 10 heavy (non-hydrogen) atoms. The van der Waals surface area contributed by atoms with Gasteiger partial charge < -0.3 is 5.11 Å². The molecule has 0 fully saturated rings. The molecule has 0 atom stereocenters. The zero-order chi connectivity index (χ0) is 7.40. The average Bonchev–Trinajstić information content (AvgIpc) is 2.05. The molecule has 0 aromatic heterocycles. The van der Waals surface area contributed by atoms with Gasteiger partial charge >= 0.3 is 0 Å². The molecule has 0 bridgehead atoms. The third kappa shape index (κ3) is 1.61. The van der Waals surface area contributed by atoms with Crippen LogP contribution in [-0.2, 0) is 6.61 Å². The topological polar surface area (TPSA) is 20.2 Å². The monoisotopic (exact) mass is 134 g/mol. The summed E-state index contributed by atoms with van der Waals surface area (Å²) in [4.78, 5) is 0. The predicted molar refractivity (Wildman–Crippen MR) is 45.0 cm³/mol. The molecule has 0 radical (unpaired) electrons. The Labute approximate surface area is 61.9 Å². The van der Waals surface area contributed by atoms with Crippen molar-refractivity contribution >= 4 is 12.7 Å². The van der Waals surface area contributed by atoms with Gasteiger partial charge in [0.2, 0.25) is 0 Å². The van der Waals surface area contributed by atoms with Gasteiger partial charge in [0.1, 0.15) is 0 Å². The normalized spacial score (nSPS) is 9.40. The standard InChI is InChI=1S/C8H11BO/c1-9-8-4-2-3-7(5-8)6-10/h2-5,9-10H,6H2,1H3. The minimum Gasteiger partial charge on any atom is -0.392 e. The Bertz CT molecular complexity index is 191. The highest BCUT2D eigenvalue weighted by molar-refractivity contribution is 6.51.